The number of benzene rings is 1. The van der Waals surface area contributed by atoms with Crippen molar-refractivity contribution in [2.24, 2.45) is 0 Å². The average Bonchev–Trinajstić information content (AvgIpc) is 2.33. The lowest BCUT2D eigenvalue weighted by Gasteiger charge is -2.09. The van der Waals surface area contributed by atoms with Crippen molar-refractivity contribution in [2.45, 2.75) is 13.8 Å². The minimum Gasteiger partial charge on any atom is -0.337 e. The first kappa shape index (κ1) is 12.1. The van der Waals surface area contributed by atoms with Crippen molar-refractivity contribution in [2.75, 3.05) is 5.32 Å². The van der Waals surface area contributed by atoms with Gasteiger partial charge < -0.3 is 5.32 Å². The first-order valence-electron chi connectivity index (χ1n) is 5.51. The van der Waals surface area contributed by atoms with Gasteiger partial charge in [0.25, 0.3) is 0 Å². The van der Waals surface area contributed by atoms with Gasteiger partial charge in [0, 0.05) is 5.69 Å². The molecule has 0 bridgehead atoms. The number of halogens is 1. The van der Waals surface area contributed by atoms with E-state index < -0.39 is 0 Å². The summed E-state index contributed by atoms with van der Waals surface area (Å²) in [4.78, 5) is 4.20. The SMILES string of the molecule is Cc1ccc(Nc2nc(C)ccc2C#N)c(F)c1. The second-order valence-corrected chi connectivity index (χ2v) is 4.07. The van der Waals surface area contributed by atoms with Crippen LogP contribution in [-0.2, 0) is 0 Å². The molecule has 0 atom stereocenters. The summed E-state index contributed by atoms with van der Waals surface area (Å²) in [6, 6.07) is 10.3. The van der Waals surface area contributed by atoms with Crippen LogP contribution in [0.3, 0.4) is 0 Å². The highest BCUT2D eigenvalue weighted by molar-refractivity contribution is 5.63. The predicted molar refractivity (Wildman–Crippen MR) is 68.1 cm³/mol. The van der Waals surface area contributed by atoms with Crippen LogP contribution < -0.4 is 5.32 Å². The highest BCUT2D eigenvalue weighted by atomic mass is 19.1. The van der Waals surface area contributed by atoms with Crippen molar-refractivity contribution < 1.29 is 4.39 Å². The summed E-state index contributed by atoms with van der Waals surface area (Å²) in [5.74, 6) is 0.0162. The smallest absolute Gasteiger partial charge is 0.148 e. The number of pyridine rings is 1. The molecule has 1 N–H and O–H groups in total. The quantitative estimate of drug-likeness (QED) is 0.876. The molecule has 0 saturated carbocycles. The van der Waals surface area contributed by atoms with Crippen molar-refractivity contribution in [1.82, 2.24) is 4.98 Å². The number of hydrogen-bond donors (Lipinski definition) is 1. The zero-order valence-corrected chi connectivity index (χ0v) is 10.2. The van der Waals surface area contributed by atoms with Gasteiger partial charge in [-0.25, -0.2) is 9.37 Å². The van der Waals surface area contributed by atoms with Crippen LogP contribution in [0, 0.1) is 31.0 Å². The monoisotopic (exact) mass is 241 g/mol. The van der Waals surface area contributed by atoms with E-state index in [1.807, 2.05) is 19.9 Å². The van der Waals surface area contributed by atoms with Crippen molar-refractivity contribution >= 4 is 11.5 Å². The number of nitrogens with one attached hydrogen (secondary N) is 1. The number of hydrogen-bond acceptors (Lipinski definition) is 3. The van der Waals surface area contributed by atoms with Gasteiger partial charge in [-0.1, -0.05) is 6.07 Å². The standard InChI is InChI=1S/C14H12FN3/c1-9-3-6-13(12(15)7-9)18-14-11(8-16)5-4-10(2)17-14/h3-7H,1-2H3,(H,17,18). The van der Waals surface area contributed by atoms with Gasteiger partial charge in [-0.2, -0.15) is 5.26 Å². The van der Waals surface area contributed by atoms with Crippen LogP contribution in [0.4, 0.5) is 15.9 Å². The first-order valence-corrected chi connectivity index (χ1v) is 5.51. The normalized spacial score (nSPS) is 9.89. The zero-order chi connectivity index (χ0) is 13.1. The van der Waals surface area contributed by atoms with Gasteiger partial charge in [0.05, 0.1) is 11.3 Å². The highest BCUT2D eigenvalue weighted by Crippen LogP contribution is 2.22. The third-order valence-corrected chi connectivity index (χ3v) is 2.53. The summed E-state index contributed by atoms with van der Waals surface area (Å²) in [6.45, 7) is 3.64. The average molecular weight is 241 g/mol. The second kappa shape index (κ2) is 4.84. The van der Waals surface area contributed by atoms with E-state index in [0.29, 0.717) is 17.1 Å². The molecule has 0 spiro atoms. The molecule has 0 aliphatic rings. The summed E-state index contributed by atoms with van der Waals surface area (Å²) in [6.07, 6.45) is 0. The molecular weight excluding hydrogens is 229 g/mol. The van der Waals surface area contributed by atoms with Gasteiger partial charge in [0.15, 0.2) is 0 Å². The maximum atomic E-state index is 13.7. The van der Waals surface area contributed by atoms with Gasteiger partial charge in [-0.15, -0.1) is 0 Å². The molecule has 1 aromatic carbocycles. The Balaban J connectivity index is 2.40. The van der Waals surface area contributed by atoms with E-state index in [1.165, 1.54) is 6.07 Å². The van der Waals surface area contributed by atoms with E-state index in [0.717, 1.165) is 11.3 Å². The number of nitriles is 1. The predicted octanol–water partition coefficient (Wildman–Crippen LogP) is 3.45. The van der Waals surface area contributed by atoms with Gasteiger partial charge in [-0.05, 0) is 43.7 Å². The molecule has 0 aliphatic heterocycles. The maximum Gasteiger partial charge on any atom is 0.148 e. The number of rotatable bonds is 2. The van der Waals surface area contributed by atoms with Gasteiger partial charge >= 0.3 is 0 Å². The third kappa shape index (κ3) is 2.46. The minimum absolute atomic E-state index is 0.315. The largest absolute Gasteiger partial charge is 0.337 e. The van der Waals surface area contributed by atoms with E-state index in [1.54, 1.807) is 24.3 Å². The summed E-state index contributed by atoms with van der Waals surface area (Å²) >= 11 is 0. The van der Waals surface area contributed by atoms with E-state index in [9.17, 15) is 4.39 Å². The Morgan fingerprint density at radius 2 is 2.00 bits per heavy atom. The van der Waals surface area contributed by atoms with Crippen LogP contribution in [0.1, 0.15) is 16.8 Å². The summed E-state index contributed by atoms with van der Waals surface area (Å²) < 4.78 is 13.7. The van der Waals surface area contributed by atoms with Crippen LogP contribution in [0.2, 0.25) is 0 Å². The molecule has 4 heteroatoms. The summed E-state index contributed by atoms with van der Waals surface area (Å²) in [5.41, 5.74) is 2.32. The fourth-order valence-corrected chi connectivity index (χ4v) is 1.59. The Hall–Kier alpha value is -2.41. The Morgan fingerprint density at radius 3 is 2.67 bits per heavy atom. The fraction of sp³-hybridized carbons (Fsp3) is 0.143. The molecule has 0 amide bonds. The number of aryl methyl sites for hydroxylation is 2. The van der Waals surface area contributed by atoms with E-state index in [-0.39, 0.29) is 5.82 Å². The van der Waals surface area contributed by atoms with Gasteiger partial charge in [0.1, 0.15) is 17.7 Å². The molecule has 90 valence electrons. The molecule has 0 radical (unpaired) electrons. The summed E-state index contributed by atoms with van der Waals surface area (Å²) in [5, 5.41) is 11.8. The molecule has 1 aromatic heterocycles. The number of aromatic nitrogens is 1. The van der Waals surface area contributed by atoms with Crippen molar-refractivity contribution in [1.29, 1.82) is 5.26 Å². The number of nitrogens with zero attached hydrogens (tertiary/aromatic N) is 2. The Labute approximate surface area is 105 Å². The molecule has 18 heavy (non-hydrogen) atoms. The molecule has 2 rings (SSSR count). The molecule has 1 heterocycles. The van der Waals surface area contributed by atoms with Crippen molar-refractivity contribution in [3.05, 3.63) is 53.0 Å². The Bertz CT molecular complexity index is 629. The molecule has 0 fully saturated rings. The van der Waals surface area contributed by atoms with Crippen LogP contribution in [0.5, 0.6) is 0 Å². The first-order chi connectivity index (χ1) is 8.60. The third-order valence-electron chi connectivity index (χ3n) is 2.53. The maximum absolute atomic E-state index is 13.7. The molecular formula is C14H12FN3. The van der Waals surface area contributed by atoms with E-state index >= 15 is 0 Å². The summed E-state index contributed by atoms with van der Waals surface area (Å²) in [7, 11) is 0. The van der Waals surface area contributed by atoms with Crippen molar-refractivity contribution in [3.63, 3.8) is 0 Å². The lowest BCUT2D eigenvalue weighted by atomic mass is 10.2. The highest BCUT2D eigenvalue weighted by Gasteiger charge is 2.07. The number of anilines is 2. The zero-order valence-electron chi connectivity index (χ0n) is 10.2. The molecule has 2 aromatic rings. The van der Waals surface area contributed by atoms with Crippen LogP contribution in [0.15, 0.2) is 30.3 Å². The molecule has 0 unspecified atom stereocenters. The lowest BCUT2D eigenvalue weighted by molar-refractivity contribution is 0.630. The molecule has 3 nitrogen and oxygen atoms in total. The van der Waals surface area contributed by atoms with Crippen LogP contribution in [-0.4, -0.2) is 4.98 Å². The minimum atomic E-state index is -0.359. The van der Waals surface area contributed by atoms with Crippen LogP contribution in [0.25, 0.3) is 0 Å². The second-order valence-electron chi connectivity index (χ2n) is 4.07. The molecule has 0 saturated heterocycles. The Morgan fingerprint density at radius 1 is 1.22 bits per heavy atom. The topological polar surface area (TPSA) is 48.7 Å². The van der Waals surface area contributed by atoms with Gasteiger partial charge in [-0.3, -0.25) is 0 Å². The lowest BCUT2D eigenvalue weighted by Crippen LogP contribution is -2.00. The van der Waals surface area contributed by atoms with Crippen LogP contribution >= 0.6 is 0 Å². The van der Waals surface area contributed by atoms with E-state index in [4.69, 9.17) is 5.26 Å². The van der Waals surface area contributed by atoms with Crippen molar-refractivity contribution in [3.8, 4) is 6.07 Å². The van der Waals surface area contributed by atoms with Gasteiger partial charge in [0.2, 0.25) is 0 Å². The Kier molecular flexibility index (Phi) is 3.24. The fourth-order valence-electron chi connectivity index (χ4n) is 1.59. The van der Waals surface area contributed by atoms with E-state index in [2.05, 4.69) is 10.3 Å². The molecule has 0 aliphatic carbocycles.